The van der Waals surface area contributed by atoms with Crippen LogP contribution in [0.15, 0.2) is 60.7 Å². The molecule has 23 heavy (non-hydrogen) atoms. The summed E-state index contributed by atoms with van der Waals surface area (Å²) in [4.78, 5) is 12.0. The Hall–Kier alpha value is -2.75. The Bertz CT molecular complexity index is 649. The van der Waals surface area contributed by atoms with Crippen molar-refractivity contribution in [1.29, 1.82) is 0 Å². The molecule has 0 spiro atoms. The zero-order valence-corrected chi connectivity index (χ0v) is 13.5. The quantitative estimate of drug-likeness (QED) is 0.771. The van der Waals surface area contributed by atoms with Crippen LogP contribution in [0, 0.1) is 0 Å². The van der Waals surface area contributed by atoms with Crippen LogP contribution in [-0.2, 0) is 11.2 Å². The zero-order valence-electron chi connectivity index (χ0n) is 13.5. The summed E-state index contributed by atoms with van der Waals surface area (Å²) in [5.74, 6) is 0.775. The van der Waals surface area contributed by atoms with Crippen molar-refractivity contribution in [2.45, 2.75) is 19.8 Å². The minimum atomic E-state index is -0.0453. The van der Waals surface area contributed by atoms with Gasteiger partial charge >= 0.3 is 0 Å². The Labute approximate surface area is 137 Å². The summed E-state index contributed by atoms with van der Waals surface area (Å²) < 4.78 is 5.12. The van der Waals surface area contributed by atoms with E-state index in [0.717, 1.165) is 22.6 Å². The minimum Gasteiger partial charge on any atom is -0.497 e. The molecule has 4 heteroatoms. The Morgan fingerprint density at radius 2 is 1.74 bits per heavy atom. The standard InChI is InChI=1S/C19H22N2O2/c1-3-18(16-7-5-4-6-8-16)20-21-19(22)14-11-15-9-12-17(23-2)13-10-15/h3-10,12-13,20H,11,14H2,1-2H3,(H,21,22). The van der Waals surface area contributed by atoms with Gasteiger partial charge in [-0.25, -0.2) is 0 Å². The van der Waals surface area contributed by atoms with Gasteiger partial charge in [0.25, 0.3) is 0 Å². The molecule has 0 aliphatic rings. The van der Waals surface area contributed by atoms with Crippen LogP contribution in [0.1, 0.15) is 24.5 Å². The molecule has 1 amide bonds. The van der Waals surface area contributed by atoms with E-state index in [2.05, 4.69) is 10.9 Å². The lowest BCUT2D eigenvalue weighted by Crippen LogP contribution is -2.36. The van der Waals surface area contributed by atoms with Crippen LogP contribution in [0.2, 0.25) is 0 Å². The Morgan fingerprint density at radius 3 is 2.35 bits per heavy atom. The van der Waals surface area contributed by atoms with E-state index in [9.17, 15) is 4.79 Å². The summed E-state index contributed by atoms with van der Waals surface area (Å²) in [6, 6.07) is 17.6. The third-order valence-electron chi connectivity index (χ3n) is 3.51. The highest BCUT2D eigenvalue weighted by molar-refractivity contribution is 5.77. The van der Waals surface area contributed by atoms with Gasteiger partial charge in [0.05, 0.1) is 12.8 Å². The van der Waals surface area contributed by atoms with Gasteiger partial charge in [-0.1, -0.05) is 48.5 Å². The van der Waals surface area contributed by atoms with E-state index >= 15 is 0 Å². The Balaban J connectivity index is 1.80. The molecule has 0 bridgehead atoms. The largest absolute Gasteiger partial charge is 0.497 e. The van der Waals surface area contributed by atoms with Gasteiger partial charge in [0.15, 0.2) is 0 Å². The molecule has 0 aromatic heterocycles. The Kier molecular flexibility index (Phi) is 6.24. The van der Waals surface area contributed by atoms with Crippen LogP contribution in [0.5, 0.6) is 5.75 Å². The number of hydrogen-bond donors (Lipinski definition) is 2. The first-order chi connectivity index (χ1) is 11.2. The number of methoxy groups -OCH3 is 1. The van der Waals surface area contributed by atoms with Crippen molar-refractivity contribution in [1.82, 2.24) is 10.9 Å². The third kappa shape index (κ3) is 5.18. The van der Waals surface area contributed by atoms with E-state index in [1.165, 1.54) is 0 Å². The minimum absolute atomic E-state index is 0.0453. The number of amides is 1. The molecule has 0 aliphatic heterocycles. The number of allylic oxidation sites excluding steroid dienone is 1. The molecule has 0 aliphatic carbocycles. The predicted octanol–water partition coefficient (Wildman–Crippen LogP) is 3.31. The van der Waals surface area contributed by atoms with E-state index in [4.69, 9.17) is 4.74 Å². The summed E-state index contributed by atoms with van der Waals surface area (Å²) in [6.07, 6.45) is 3.04. The van der Waals surface area contributed by atoms with Gasteiger partial charge in [0.2, 0.25) is 5.91 Å². The number of rotatable bonds is 7. The molecule has 0 unspecified atom stereocenters. The fraction of sp³-hybridized carbons (Fsp3) is 0.211. The first kappa shape index (κ1) is 16.6. The van der Waals surface area contributed by atoms with E-state index in [1.54, 1.807) is 7.11 Å². The highest BCUT2D eigenvalue weighted by Gasteiger charge is 2.04. The third-order valence-corrected chi connectivity index (χ3v) is 3.51. The van der Waals surface area contributed by atoms with Gasteiger partial charge in [-0.05, 0) is 36.6 Å². The van der Waals surface area contributed by atoms with Crippen molar-refractivity contribution < 1.29 is 9.53 Å². The van der Waals surface area contributed by atoms with Crippen molar-refractivity contribution in [3.63, 3.8) is 0 Å². The number of aryl methyl sites for hydroxylation is 1. The maximum atomic E-state index is 12.0. The average Bonchev–Trinajstić information content (AvgIpc) is 2.62. The molecule has 2 aromatic carbocycles. The molecule has 0 saturated heterocycles. The van der Waals surface area contributed by atoms with Crippen LogP contribution < -0.4 is 15.6 Å². The first-order valence-electron chi connectivity index (χ1n) is 7.62. The molecular formula is C19H22N2O2. The van der Waals surface area contributed by atoms with Crippen molar-refractivity contribution in [3.05, 3.63) is 71.8 Å². The van der Waals surface area contributed by atoms with Gasteiger partial charge < -0.3 is 4.74 Å². The van der Waals surface area contributed by atoms with Gasteiger partial charge in [-0.3, -0.25) is 15.6 Å². The van der Waals surface area contributed by atoms with Crippen LogP contribution in [0.25, 0.3) is 5.70 Å². The second kappa shape index (κ2) is 8.63. The predicted molar refractivity (Wildman–Crippen MR) is 92.7 cm³/mol. The number of carbonyl (C=O) groups excluding carboxylic acids is 1. The first-order valence-corrected chi connectivity index (χ1v) is 7.62. The summed E-state index contributed by atoms with van der Waals surface area (Å²) in [5.41, 5.74) is 8.74. The fourth-order valence-electron chi connectivity index (χ4n) is 2.18. The normalized spacial score (nSPS) is 11.0. The van der Waals surface area contributed by atoms with E-state index in [0.29, 0.717) is 12.8 Å². The average molecular weight is 310 g/mol. The number of benzene rings is 2. The highest BCUT2D eigenvalue weighted by atomic mass is 16.5. The molecular weight excluding hydrogens is 288 g/mol. The topological polar surface area (TPSA) is 50.4 Å². The lowest BCUT2D eigenvalue weighted by Gasteiger charge is -2.12. The zero-order chi connectivity index (χ0) is 16.5. The fourth-order valence-corrected chi connectivity index (χ4v) is 2.18. The van der Waals surface area contributed by atoms with Crippen LogP contribution in [0.3, 0.4) is 0 Å². The molecule has 4 nitrogen and oxygen atoms in total. The smallest absolute Gasteiger partial charge is 0.238 e. The van der Waals surface area contributed by atoms with E-state index < -0.39 is 0 Å². The lowest BCUT2D eigenvalue weighted by molar-refractivity contribution is -0.121. The van der Waals surface area contributed by atoms with Crippen molar-refractivity contribution in [3.8, 4) is 5.75 Å². The van der Waals surface area contributed by atoms with Gasteiger partial charge in [0.1, 0.15) is 5.75 Å². The monoisotopic (exact) mass is 310 g/mol. The highest BCUT2D eigenvalue weighted by Crippen LogP contribution is 2.13. The summed E-state index contributed by atoms with van der Waals surface area (Å²) in [6.45, 7) is 1.93. The molecule has 2 N–H and O–H groups in total. The molecule has 2 rings (SSSR count). The van der Waals surface area contributed by atoms with E-state index in [1.807, 2.05) is 67.6 Å². The van der Waals surface area contributed by atoms with E-state index in [-0.39, 0.29) is 5.91 Å². The van der Waals surface area contributed by atoms with Crippen LogP contribution in [0.4, 0.5) is 0 Å². The maximum Gasteiger partial charge on any atom is 0.238 e. The summed E-state index contributed by atoms with van der Waals surface area (Å²) in [7, 11) is 1.64. The van der Waals surface area contributed by atoms with Crippen molar-refractivity contribution in [2.75, 3.05) is 7.11 Å². The molecule has 0 saturated carbocycles. The summed E-state index contributed by atoms with van der Waals surface area (Å²) in [5, 5.41) is 0. The second-order valence-electron chi connectivity index (χ2n) is 5.09. The molecule has 120 valence electrons. The molecule has 0 fully saturated rings. The molecule has 0 radical (unpaired) electrons. The number of carbonyl (C=O) groups is 1. The SMILES string of the molecule is CC=C(NNC(=O)CCc1ccc(OC)cc1)c1ccccc1. The summed E-state index contributed by atoms with van der Waals surface area (Å²) >= 11 is 0. The number of nitrogens with one attached hydrogen (secondary N) is 2. The molecule has 2 aromatic rings. The van der Waals surface area contributed by atoms with Crippen LogP contribution in [-0.4, -0.2) is 13.0 Å². The van der Waals surface area contributed by atoms with Gasteiger partial charge in [0, 0.05) is 6.42 Å². The second-order valence-corrected chi connectivity index (χ2v) is 5.09. The maximum absolute atomic E-state index is 12.0. The van der Waals surface area contributed by atoms with Gasteiger partial charge in [-0.2, -0.15) is 0 Å². The van der Waals surface area contributed by atoms with Crippen molar-refractivity contribution in [2.24, 2.45) is 0 Å². The van der Waals surface area contributed by atoms with Crippen molar-refractivity contribution >= 4 is 11.6 Å². The van der Waals surface area contributed by atoms with Crippen LogP contribution >= 0.6 is 0 Å². The Morgan fingerprint density at radius 1 is 1.04 bits per heavy atom. The number of hydrogen-bond acceptors (Lipinski definition) is 3. The molecule has 0 atom stereocenters. The number of hydrazine groups is 1. The number of ether oxygens (including phenoxy) is 1. The van der Waals surface area contributed by atoms with Gasteiger partial charge in [-0.15, -0.1) is 0 Å². The lowest BCUT2D eigenvalue weighted by atomic mass is 10.1. The molecule has 0 heterocycles.